The maximum Gasteiger partial charge on any atom is 0.162 e. The van der Waals surface area contributed by atoms with Gasteiger partial charge in [0.15, 0.2) is 5.65 Å². The molecule has 1 aliphatic heterocycles. The van der Waals surface area contributed by atoms with Crippen molar-refractivity contribution in [3.63, 3.8) is 0 Å². The highest BCUT2D eigenvalue weighted by Gasteiger charge is 2.14. The zero-order valence-electron chi connectivity index (χ0n) is 19.6. The fourth-order valence-corrected chi connectivity index (χ4v) is 4.47. The summed E-state index contributed by atoms with van der Waals surface area (Å²) in [6, 6.07) is 16.1. The molecule has 3 aromatic heterocycles. The molecule has 1 saturated heterocycles. The molecule has 0 radical (unpaired) electrons. The van der Waals surface area contributed by atoms with Crippen molar-refractivity contribution in [2.45, 2.75) is 0 Å². The molecular weight excluding hydrogens is 438 g/mol. The van der Waals surface area contributed by atoms with Gasteiger partial charge in [0, 0.05) is 72.5 Å². The molecule has 0 unspecified atom stereocenters. The molecule has 3 N–H and O–H groups in total. The number of nitrogens with one attached hydrogen (secondary N) is 1. The van der Waals surface area contributed by atoms with Gasteiger partial charge in [-0.2, -0.15) is 5.10 Å². The number of benzene rings is 2. The third kappa shape index (κ3) is 4.37. The first-order valence-corrected chi connectivity index (χ1v) is 11.6. The van der Waals surface area contributed by atoms with Gasteiger partial charge in [-0.05, 0) is 42.4 Å². The molecule has 0 bridgehead atoms. The monoisotopic (exact) mass is 465 g/mol. The number of fused-ring (bicyclic) bond motifs is 2. The minimum atomic E-state index is 0.609. The van der Waals surface area contributed by atoms with Crippen molar-refractivity contribution in [2.24, 2.45) is 5.73 Å². The Morgan fingerprint density at radius 2 is 1.71 bits per heavy atom. The van der Waals surface area contributed by atoms with Gasteiger partial charge in [-0.3, -0.25) is 9.78 Å². The van der Waals surface area contributed by atoms with Crippen molar-refractivity contribution in [1.82, 2.24) is 24.9 Å². The van der Waals surface area contributed by atoms with Crippen LogP contribution < -0.4 is 16.0 Å². The van der Waals surface area contributed by atoms with Gasteiger partial charge < -0.3 is 16.0 Å². The Kier molecular flexibility index (Phi) is 6.47. The summed E-state index contributed by atoms with van der Waals surface area (Å²) >= 11 is 0. The van der Waals surface area contributed by atoms with E-state index in [0.29, 0.717) is 5.56 Å². The van der Waals surface area contributed by atoms with E-state index in [1.165, 1.54) is 12.7 Å². The van der Waals surface area contributed by atoms with Crippen molar-refractivity contribution in [1.29, 1.82) is 0 Å². The van der Waals surface area contributed by atoms with Crippen LogP contribution in [0.4, 0.5) is 5.69 Å². The van der Waals surface area contributed by atoms with Crippen molar-refractivity contribution in [3.8, 4) is 22.3 Å². The van der Waals surface area contributed by atoms with Crippen LogP contribution in [0.2, 0.25) is 0 Å². The minimum Gasteiger partial charge on any atom is -0.369 e. The number of carbonyl (C=O) groups is 1. The van der Waals surface area contributed by atoms with Crippen LogP contribution in [-0.4, -0.2) is 59.1 Å². The molecule has 2 aromatic carbocycles. The van der Waals surface area contributed by atoms with E-state index in [4.69, 9.17) is 4.98 Å². The summed E-state index contributed by atoms with van der Waals surface area (Å²) < 4.78 is 1.82. The van der Waals surface area contributed by atoms with Gasteiger partial charge >= 0.3 is 0 Å². The minimum absolute atomic E-state index is 0.609. The Balaban J connectivity index is 0.00000124. The quantitative estimate of drug-likeness (QED) is 0.392. The summed E-state index contributed by atoms with van der Waals surface area (Å²) in [5.41, 5.74) is 12.0. The van der Waals surface area contributed by atoms with E-state index >= 15 is 0 Å². The summed E-state index contributed by atoms with van der Waals surface area (Å²) in [4.78, 5) is 22.7. The van der Waals surface area contributed by atoms with Gasteiger partial charge in [0.25, 0.3) is 0 Å². The van der Waals surface area contributed by atoms with Crippen LogP contribution in [0.25, 0.3) is 38.8 Å². The standard InChI is InChI=1S/C26H22N6O.CH5N/c33-17-18-1-6-23-22(7-8-28-25(23)13-18)24-15-30-32-16-20(14-29-26(24)32)19-2-4-21(5-3-19)31-11-9-27-10-12-31;1-2/h1-8,13-17,27H,9-12H2;2H2,1H3. The number of piperazine rings is 1. The first-order valence-electron chi connectivity index (χ1n) is 11.6. The average Bonchev–Trinajstić information content (AvgIpc) is 3.37. The Labute approximate surface area is 203 Å². The molecule has 0 atom stereocenters. The van der Waals surface area contributed by atoms with Crippen LogP contribution >= 0.6 is 0 Å². The van der Waals surface area contributed by atoms with Gasteiger partial charge in [-0.1, -0.05) is 24.3 Å². The predicted octanol–water partition coefficient (Wildman–Crippen LogP) is 3.41. The summed E-state index contributed by atoms with van der Waals surface area (Å²) in [5, 5.41) is 8.93. The smallest absolute Gasteiger partial charge is 0.162 e. The molecule has 0 amide bonds. The van der Waals surface area contributed by atoms with Gasteiger partial charge in [-0.15, -0.1) is 0 Å². The van der Waals surface area contributed by atoms with Gasteiger partial charge in [0.1, 0.15) is 6.29 Å². The van der Waals surface area contributed by atoms with E-state index in [1.807, 2.05) is 41.3 Å². The number of carbonyl (C=O) groups excluding carboxylic acids is 1. The second-order valence-electron chi connectivity index (χ2n) is 8.21. The van der Waals surface area contributed by atoms with Crippen molar-refractivity contribution in [2.75, 3.05) is 38.1 Å². The summed E-state index contributed by atoms with van der Waals surface area (Å²) in [6.45, 7) is 4.11. The first kappa shape index (κ1) is 22.6. The molecule has 35 heavy (non-hydrogen) atoms. The lowest BCUT2D eigenvalue weighted by Crippen LogP contribution is -2.43. The fraction of sp³-hybridized carbons (Fsp3) is 0.185. The number of nitrogens with two attached hydrogens (primary N) is 1. The summed E-state index contributed by atoms with van der Waals surface area (Å²) in [5.74, 6) is 0. The second-order valence-corrected chi connectivity index (χ2v) is 8.21. The zero-order chi connectivity index (χ0) is 24.2. The fourth-order valence-electron chi connectivity index (χ4n) is 4.47. The van der Waals surface area contributed by atoms with E-state index in [0.717, 1.165) is 71.3 Å². The predicted molar refractivity (Wildman–Crippen MR) is 140 cm³/mol. The molecule has 6 rings (SSSR count). The molecule has 1 aliphatic rings. The van der Waals surface area contributed by atoms with Crippen LogP contribution in [0, 0.1) is 0 Å². The lowest BCUT2D eigenvalue weighted by Gasteiger charge is -2.29. The number of nitrogens with zero attached hydrogens (tertiary/aromatic N) is 5. The second kappa shape index (κ2) is 10.0. The van der Waals surface area contributed by atoms with Crippen LogP contribution in [0.1, 0.15) is 10.4 Å². The lowest BCUT2D eigenvalue weighted by atomic mass is 10.0. The average molecular weight is 466 g/mol. The van der Waals surface area contributed by atoms with Crippen LogP contribution in [0.15, 0.2) is 73.3 Å². The molecule has 0 aliphatic carbocycles. The lowest BCUT2D eigenvalue weighted by molar-refractivity contribution is 0.112. The van der Waals surface area contributed by atoms with Gasteiger partial charge in [0.05, 0.1) is 11.7 Å². The summed E-state index contributed by atoms with van der Waals surface area (Å²) in [6.07, 6.45) is 8.34. The van der Waals surface area contributed by atoms with Crippen LogP contribution in [0.3, 0.4) is 0 Å². The molecule has 8 heteroatoms. The van der Waals surface area contributed by atoms with Crippen molar-refractivity contribution in [3.05, 3.63) is 78.9 Å². The third-order valence-electron chi connectivity index (χ3n) is 6.23. The number of aromatic nitrogens is 4. The Hall–Kier alpha value is -4.14. The largest absolute Gasteiger partial charge is 0.369 e. The van der Waals surface area contributed by atoms with Gasteiger partial charge in [0.2, 0.25) is 0 Å². The maximum atomic E-state index is 11.1. The normalized spacial score (nSPS) is 13.5. The molecule has 1 fully saturated rings. The van der Waals surface area contributed by atoms with Gasteiger partial charge in [-0.25, -0.2) is 9.50 Å². The van der Waals surface area contributed by atoms with Crippen LogP contribution in [-0.2, 0) is 0 Å². The highest BCUT2D eigenvalue weighted by molar-refractivity contribution is 5.99. The van der Waals surface area contributed by atoms with E-state index in [-0.39, 0.29) is 0 Å². The number of hydrogen-bond acceptors (Lipinski definition) is 7. The topological polar surface area (TPSA) is 101 Å². The Morgan fingerprint density at radius 3 is 2.49 bits per heavy atom. The number of pyridine rings is 1. The van der Waals surface area contributed by atoms with E-state index in [1.54, 1.807) is 12.3 Å². The maximum absolute atomic E-state index is 11.1. The number of anilines is 1. The Morgan fingerprint density at radius 1 is 0.914 bits per heavy atom. The summed E-state index contributed by atoms with van der Waals surface area (Å²) in [7, 11) is 1.50. The number of hydrogen-bond donors (Lipinski definition) is 2. The molecule has 0 spiro atoms. The molecule has 4 heterocycles. The third-order valence-corrected chi connectivity index (χ3v) is 6.23. The van der Waals surface area contributed by atoms with Crippen LogP contribution in [0.5, 0.6) is 0 Å². The highest BCUT2D eigenvalue weighted by atomic mass is 16.1. The highest BCUT2D eigenvalue weighted by Crippen LogP contribution is 2.31. The van der Waals surface area contributed by atoms with Crippen molar-refractivity contribution < 1.29 is 4.79 Å². The van der Waals surface area contributed by atoms with E-state index < -0.39 is 0 Å². The number of rotatable bonds is 4. The van der Waals surface area contributed by atoms with E-state index in [9.17, 15) is 4.79 Å². The molecule has 5 aromatic rings. The molecular formula is C27H27N7O. The molecule has 8 nitrogen and oxygen atoms in total. The SMILES string of the molecule is CN.O=Cc1ccc2c(-c3cnn4cc(-c5ccc(N6CCNCC6)cc5)cnc34)ccnc2c1. The zero-order valence-corrected chi connectivity index (χ0v) is 19.6. The van der Waals surface area contributed by atoms with E-state index in [2.05, 4.69) is 50.3 Å². The van der Waals surface area contributed by atoms with Crippen molar-refractivity contribution >= 4 is 28.5 Å². The first-order chi connectivity index (χ1) is 17.3. The Bertz CT molecular complexity index is 1470. The number of aldehydes is 1. The molecule has 0 saturated carbocycles. The molecule has 176 valence electrons.